The van der Waals surface area contributed by atoms with E-state index in [1.54, 1.807) is 32.9 Å². The molecule has 3 heterocycles. The van der Waals surface area contributed by atoms with Crippen LogP contribution in [0.25, 0.3) is 0 Å². The molecule has 0 aromatic carbocycles. The van der Waals surface area contributed by atoms with Crippen molar-refractivity contribution in [2.24, 2.45) is 4.40 Å². The summed E-state index contributed by atoms with van der Waals surface area (Å²) in [6.07, 6.45) is 0.454. The number of esters is 1. The number of rotatable bonds is 11. The fourth-order valence-electron chi connectivity index (χ4n) is 3.67. The lowest BCUT2D eigenvalue weighted by Gasteiger charge is -2.19. The van der Waals surface area contributed by atoms with Gasteiger partial charge in [0.2, 0.25) is 4.91 Å². The lowest BCUT2D eigenvalue weighted by Crippen LogP contribution is -2.30. The number of hydrogen-bond donors (Lipinski definition) is 3. The zero-order valence-corrected chi connectivity index (χ0v) is 23.5. The summed E-state index contributed by atoms with van der Waals surface area (Å²) in [5, 5.41) is 17.8. The van der Waals surface area contributed by atoms with Crippen LogP contribution in [0, 0.1) is 6.92 Å². The number of furan rings is 1. The fraction of sp³-hybridized carbons (Fsp3) is 0.455. The molecule has 204 valence electrons. The van der Waals surface area contributed by atoms with Gasteiger partial charge in [0, 0.05) is 18.5 Å². The molecule has 0 saturated carbocycles. The molecular weight excluding hydrogens is 544 g/mol. The minimum Gasteiger partial charge on any atom is -0.504 e. The van der Waals surface area contributed by atoms with E-state index in [-0.39, 0.29) is 41.1 Å². The lowest BCUT2D eigenvalue weighted by atomic mass is 10.1. The summed E-state index contributed by atoms with van der Waals surface area (Å²) >= 11 is 0.770. The average molecular weight is 575 g/mol. The Balaban J connectivity index is 2.06. The molecule has 0 spiro atoms. The molecule has 0 amide bonds. The quantitative estimate of drug-likeness (QED) is 0.339. The van der Waals surface area contributed by atoms with Gasteiger partial charge in [-0.15, -0.1) is 15.7 Å². The number of carbonyl (C=O) groups is 1. The first-order valence-corrected chi connectivity index (χ1v) is 15.3. The molecule has 0 radical (unpaired) electrons. The number of sulfonamides is 2. The van der Waals surface area contributed by atoms with Crippen molar-refractivity contribution in [3.63, 3.8) is 0 Å². The van der Waals surface area contributed by atoms with Crippen LogP contribution in [-0.4, -0.2) is 57.7 Å². The van der Waals surface area contributed by atoms with E-state index in [0.717, 1.165) is 11.3 Å². The molecular formula is C22H30N4O8S3. The van der Waals surface area contributed by atoms with Crippen LogP contribution in [0.15, 0.2) is 41.1 Å². The van der Waals surface area contributed by atoms with Gasteiger partial charge in [-0.05, 0) is 32.4 Å². The van der Waals surface area contributed by atoms with Gasteiger partial charge in [-0.25, -0.2) is 13.2 Å². The first kappa shape index (κ1) is 28.7. The van der Waals surface area contributed by atoms with Crippen LogP contribution >= 0.6 is 11.3 Å². The van der Waals surface area contributed by atoms with Crippen molar-refractivity contribution in [3.05, 3.63) is 39.6 Å². The van der Waals surface area contributed by atoms with Crippen LogP contribution in [0.2, 0.25) is 0 Å². The predicted molar refractivity (Wildman–Crippen MR) is 139 cm³/mol. The molecule has 0 saturated heterocycles. The van der Waals surface area contributed by atoms with E-state index < -0.39 is 42.7 Å². The van der Waals surface area contributed by atoms with E-state index in [4.69, 9.17) is 9.15 Å². The van der Waals surface area contributed by atoms with E-state index in [1.165, 1.54) is 16.6 Å². The Morgan fingerprint density at radius 2 is 1.92 bits per heavy atom. The number of aryl methyl sites for hydroxylation is 1. The van der Waals surface area contributed by atoms with Gasteiger partial charge in [0.25, 0.3) is 20.0 Å². The molecule has 1 aliphatic rings. The summed E-state index contributed by atoms with van der Waals surface area (Å²) in [6, 6.07) is 2.94. The van der Waals surface area contributed by atoms with Gasteiger partial charge in [0.1, 0.15) is 17.2 Å². The normalized spacial score (nSPS) is 16.1. The van der Waals surface area contributed by atoms with Crippen LogP contribution in [-0.2, 0) is 29.6 Å². The lowest BCUT2D eigenvalue weighted by molar-refractivity contribution is -0.137. The highest BCUT2D eigenvalue weighted by Gasteiger charge is 2.40. The SMILES string of the molecule is CCOC(=O)C1=C(N[C@H](CC)c2ccc(C)o2)C(Nc2csc(S(=O)(=O)N(CC)CC)c2O)=NS1(=O)=O. The maximum atomic E-state index is 12.9. The molecule has 0 unspecified atom stereocenters. The fourth-order valence-corrected chi connectivity index (χ4v) is 7.66. The van der Waals surface area contributed by atoms with E-state index in [2.05, 4.69) is 15.0 Å². The van der Waals surface area contributed by atoms with Crippen molar-refractivity contribution in [1.82, 2.24) is 9.62 Å². The third-order valence-electron chi connectivity index (χ3n) is 5.49. The number of amidine groups is 1. The molecule has 12 nitrogen and oxygen atoms in total. The van der Waals surface area contributed by atoms with Crippen molar-refractivity contribution in [3.8, 4) is 5.75 Å². The molecule has 2 aromatic rings. The molecule has 37 heavy (non-hydrogen) atoms. The number of anilines is 1. The van der Waals surface area contributed by atoms with E-state index >= 15 is 0 Å². The van der Waals surface area contributed by atoms with Gasteiger partial charge in [-0.2, -0.15) is 12.7 Å². The summed E-state index contributed by atoms with van der Waals surface area (Å²) in [5.74, 6) is -0.842. The third kappa shape index (κ3) is 5.68. The Morgan fingerprint density at radius 3 is 2.46 bits per heavy atom. The summed E-state index contributed by atoms with van der Waals surface area (Å²) in [4.78, 5) is 12.0. The summed E-state index contributed by atoms with van der Waals surface area (Å²) < 4.78 is 66.9. The van der Waals surface area contributed by atoms with Crippen LogP contribution in [0.5, 0.6) is 5.75 Å². The Bertz CT molecular complexity index is 1430. The second-order valence-corrected chi connectivity index (χ2v) is 12.4. The smallest absolute Gasteiger partial charge is 0.354 e. The molecule has 3 N–H and O–H groups in total. The number of nitrogens with one attached hydrogen (secondary N) is 2. The molecule has 1 atom stereocenters. The summed E-state index contributed by atoms with van der Waals surface area (Å²) in [5.41, 5.74) is -0.269. The van der Waals surface area contributed by atoms with Crippen LogP contribution < -0.4 is 10.6 Å². The third-order valence-corrected chi connectivity index (χ3v) is 10.3. The average Bonchev–Trinajstić information content (AvgIpc) is 3.48. The van der Waals surface area contributed by atoms with Crippen LogP contribution in [0.4, 0.5) is 5.69 Å². The molecule has 0 fully saturated rings. The maximum Gasteiger partial charge on any atom is 0.354 e. The highest BCUT2D eigenvalue weighted by molar-refractivity contribution is 7.95. The Kier molecular flexibility index (Phi) is 8.72. The zero-order valence-electron chi connectivity index (χ0n) is 21.1. The number of aromatic hydroxyl groups is 1. The largest absolute Gasteiger partial charge is 0.504 e. The van der Waals surface area contributed by atoms with E-state index in [9.17, 15) is 26.7 Å². The van der Waals surface area contributed by atoms with Crippen molar-refractivity contribution in [2.45, 2.75) is 51.3 Å². The van der Waals surface area contributed by atoms with Crippen molar-refractivity contribution in [2.75, 3.05) is 25.0 Å². The summed E-state index contributed by atoms with van der Waals surface area (Å²) in [7, 11) is -8.46. The van der Waals surface area contributed by atoms with Crippen LogP contribution in [0.3, 0.4) is 0 Å². The standard InChI is InChI=1S/C22H30N4O8S3/c1-6-14(16-11-10-13(5)34-16)23-17-19(21(28)33-9-4)36(29,30)25-20(17)24-15-12-35-22(18(15)27)37(31,32)26(7-2)8-3/h10-12,14,23,27H,6-9H2,1-5H3,(H,24,25)/t14-/m1/s1. The van der Waals surface area contributed by atoms with Crippen molar-refractivity contribution >= 4 is 48.9 Å². The second kappa shape index (κ2) is 11.2. The monoisotopic (exact) mass is 574 g/mol. The molecule has 3 rings (SSSR count). The van der Waals surface area contributed by atoms with Crippen molar-refractivity contribution < 1.29 is 35.9 Å². The van der Waals surface area contributed by atoms with Gasteiger partial charge in [-0.3, -0.25) is 0 Å². The molecule has 2 aromatic heterocycles. The Labute approximate surface area is 220 Å². The number of thiophene rings is 1. The molecule has 0 aliphatic carbocycles. The van der Waals surface area contributed by atoms with Gasteiger partial charge in [0.05, 0.1) is 18.3 Å². The van der Waals surface area contributed by atoms with Gasteiger partial charge >= 0.3 is 5.97 Å². The number of ether oxygens (including phenoxy) is 1. The second-order valence-electron chi connectivity index (χ2n) is 7.89. The molecule has 0 bridgehead atoms. The van der Waals surface area contributed by atoms with Gasteiger partial charge < -0.3 is 24.9 Å². The number of hydrogen-bond acceptors (Lipinski definition) is 11. The van der Waals surface area contributed by atoms with Gasteiger partial charge in [-0.1, -0.05) is 20.8 Å². The minimum absolute atomic E-state index is 0.0691. The predicted octanol–water partition coefficient (Wildman–Crippen LogP) is 3.06. The Morgan fingerprint density at radius 1 is 1.24 bits per heavy atom. The topological polar surface area (TPSA) is 168 Å². The highest BCUT2D eigenvalue weighted by atomic mass is 32.2. The minimum atomic E-state index is -4.48. The van der Waals surface area contributed by atoms with Crippen molar-refractivity contribution in [1.29, 1.82) is 0 Å². The zero-order chi connectivity index (χ0) is 27.5. The highest BCUT2D eigenvalue weighted by Crippen LogP contribution is 2.40. The maximum absolute atomic E-state index is 12.9. The van der Waals surface area contributed by atoms with Gasteiger partial charge in [0.15, 0.2) is 15.8 Å². The van der Waals surface area contributed by atoms with E-state index in [0.29, 0.717) is 17.9 Å². The Hall–Kier alpha value is -2.88. The first-order valence-electron chi connectivity index (χ1n) is 11.6. The van der Waals surface area contributed by atoms with Crippen LogP contribution in [0.1, 0.15) is 51.7 Å². The molecule has 1 aliphatic heterocycles. The number of carbonyl (C=O) groups excluding carboxylic acids is 1. The molecule has 15 heteroatoms. The number of nitrogens with zero attached hydrogens (tertiary/aromatic N) is 2. The summed E-state index contributed by atoms with van der Waals surface area (Å²) in [6.45, 7) is 8.82. The van der Waals surface area contributed by atoms with E-state index in [1.807, 2.05) is 6.92 Å². The first-order chi connectivity index (χ1) is 17.4.